The quantitative estimate of drug-likeness (QED) is 0.412. The van der Waals surface area contributed by atoms with Gasteiger partial charge in [-0.1, -0.05) is 24.3 Å². The molecule has 0 fully saturated rings. The Balaban J connectivity index is 2.39. The van der Waals surface area contributed by atoms with Crippen LogP contribution in [0.15, 0.2) is 47.5 Å². The zero-order valence-corrected chi connectivity index (χ0v) is 15.3. The van der Waals surface area contributed by atoms with E-state index in [0.29, 0.717) is 40.2 Å². The fourth-order valence-electron chi connectivity index (χ4n) is 2.91. The van der Waals surface area contributed by atoms with Crippen molar-refractivity contribution in [3.63, 3.8) is 0 Å². The molecule has 0 radical (unpaired) electrons. The summed E-state index contributed by atoms with van der Waals surface area (Å²) in [5.41, 5.74) is 9.65. The molecular weight excluding hydrogens is 344 g/mol. The van der Waals surface area contributed by atoms with Gasteiger partial charge in [0.05, 0.1) is 31.0 Å². The number of amides is 1. The van der Waals surface area contributed by atoms with Crippen LogP contribution < -0.4 is 20.5 Å². The molecule has 0 atom stereocenters. The van der Waals surface area contributed by atoms with Crippen molar-refractivity contribution in [2.24, 2.45) is 10.7 Å². The summed E-state index contributed by atoms with van der Waals surface area (Å²) < 4.78 is 11.0. The van der Waals surface area contributed by atoms with E-state index in [0.717, 1.165) is 11.1 Å². The average Bonchev–Trinajstić information content (AvgIpc) is 2.67. The number of rotatable bonds is 5. The summed E-state index contributed by atoms with van der Waals surface area (Å²) in [7, 11) is 3.14. The van der Waals surface area contributed by atoms with Crippen LogP contribution in [0.2, 0.25) is 0 Å². The Morgan fingerprint density at radius 2 is 1.85 bits per heavy atom. The monoisotopic (exact) mass is 364 g/mol. The summed E-state index contributed by atoms with van der Waals surface area (Å²) in [5, 5.41) is 2.99. The molecule has 7 heteroatoms. The first-order valence-electron chi connectivity index (χ1n) is 8.25. The van der Waals surface area contributed by atoms with Crippen LogP contribution in [-0.4, -0.2) is 31.6 Å². The number of ether oxygens (including phenoxy) is 2. The number of methoxy groups -OCH3 is 2. The maximum absolute atomic E-state index is 10.7. The third kappa shape index (κ3) is 3.52. The van der Waals surface area contributed by atoms with Gasteiger partial charge in [0.25, 0.3) is 0 Å². The third-order valence-electron chi connectivity index (χ3n) is 4.17. The van der Waals surface area contributed by atoms with Gasteiger partial charge in [0.15, 0.2) is 5.96 Å². The summed E-state index contributed by atoms with van der Waals surface area (Å²) in [6, 6.07) is 13.3. The van der Waals surface area contributed by atoms with E-state index < -0.39 is 0 Å². The Morgan fingerprint density at radius 3 is 2.52 bits per heavy atom. The van der Waals surface area contributed by atoms with Gasteiger partial charge in [-0.25, -0.2) is 9.98 Å². The minimum atomic E-state index is -0.0295. The molecule has 27 heavy (non-hydrogen) atoms. The predicted octanol–water partition coefficient (Wildman–Crippen LogP) is 2.92. The van der Waals surface area contributed by atoms with Crippen molar-refractivity contribution in [1.29, 1.82) is 0 Å². The number of nitrogens with zero attached hydrogens (tertiary/aromatic N) is 2. The highest BCUT2D eigenvalue weighted by atomic mass is 16.5. The Bertz CT molecular complexity index is 1030. The second-order valence-corrected chi connectivity index (χ2v) is 5.79. The van der Waals surface area contributed by atoms with Crippen LogP contribution in [0.4, 0.5) is 5.69 Å². The predicted molar refractivity (Wildman–Crippen MR) is 106 cm³/mol. The van der Waals surface area contributed by atoms with E-state index in [-0.39, 0.29) is 5.96 Å². The zero-order valence-electron chi connectivity index (χ0n) is 15.3. The van der Waals surface area contributed by atoms with Crippen LogP contribution in [-0.2, 0) is 4.79 Å². The Labute approximate surface area is 156 Å². The number of guanidine groups is 1. The van der Waals surface area contributed by atoms with E-state index >= 15 is 0 Å². The molecule has 138 valence electrons. The number of hydrogen-bond donors (Lipinski definition) is 2. The van der Waals surface area contributed by atoms with Crippen LogP contribution in [0, 0.1) is 6.92 Å². The van der Waals surface area contributed by atoms with Gasteiger partial charge in [-0.2, -0.15) is 0 Å². The largest absolute Gasteiger partial charge is 0.496 e. The van der Waals surface area contributed by atoms with E-state index in [4.69, 9.17) is 20.2 Å². The highest BCUT2D eigenvalue weighted by molar-refractivity contribution is 6.03. The maximum atomic E-state index is 10.7. The van der Waals surface area contributed by atoms with Crippen LogP contribution in [0.3, 0.4) is 0 Å². The second kappa shape index (κ2) is 7.74. The lowest BCUT2D eigenvalue weighted by atomic mass is 10.0. The highest BCUT2D eigenvalue weighted by Gasteiger charge is 2.16. The molecule has 0 spiro atoms. The maximum Gasteiger partial charge on any atom is 0.213 e. The number of benzene rings is 2. The average molecular weight is 364 g/mol. The number of nitrogens with one attached hydrogen (secondary N) is 1. The second-order valence-electron chi connectivity index (χ2n) is 5.79. The molecule has 3 N–H and O–H groups in total. The minimum Gasteiger partial charge on any atom is -0.496 e. The lowest BCUT2D eigenvalue weighted by molar-refractivity contribution is -0.108. The van der Waals surface area contributed by atoms with Crippen LogP contribution in [0.5, 0.6) is 11.5 Å². The van der Waals surface area contributed by atoms with E-state index in [1.807, 2.05) is 37.3 Å². The molecule has 0 aliphatic carbocycles. The SMILES string of the molecule is COc1ccc(OC)c2c(N=C(N)NC=O)cc(-c3ccccc3C)nc12. The molecular formula is C20H20N4O3. The molecule has 7 nitrogen and oxygen atoms in total. The first-order chi connectivity index (χ1) is 13.1. The molecule has 0 unspecified atom stereocenters. The third-order valence-corrected chi connectivity index (χ3v) is 4.17. The summed E-state index contributed by atoms with van der Waals surface area (Å²) >= 11 is 0. The smallest absolute Gasteiger partial charge is 0.213 e. The van der Waals surface area contributed by atoms with Crippen LogP contribution in [0.25, 0.3) is 22.2 Å². The highest BCUT2D eigenvalue weighted by Crippen LogP contribution is 2.40. The lowest BCUT2D eigenvalue weighted by Gasteiger charge is -2.14. The zero-order chi connectivity index (χ0) is 19.4. The molecule has 2 aromatic carbocycles. The van der Waals surface area contributed by atoms with Crippen molar-refractivity contribution in [2.75, 3.05) is 14.2 Å². The van der Waals surface area contributed by atoms with Gasteiger partial charge in [-0.15, -0.1) is 0 Å². The molecule has 0 aliphatic heterocycles. The molecule has 0 saturated carbocycles. The first kappa shape index (κ1) is 18.2. The van der Waals surface area contributed by atoms with E-state index in [2.05, 4.69) is 10.3 Å². The molecule has 1 heterocycles. The number of nitrogens with two attached hydrogens (primary N) is 1. The van der Waals surface area contributed by atoms with Gasteiger partial charge in [0.1, 0.15) is 17.0 Å². The summed E-state index contributed by atoms with van der Waals surface area (Å²) in [6.45, 7) is 2.01. The number of aryl methyl sites for hydroxylation is 1. The number of carbonyl (C=O) groups excluding carboxylic acids is 1. The number of pyridine rings is 1. The fraction of sp³-hybridized carbons (Fsp3) is 0.150. The van der Waals surface area contributed by atoms with E-state index in [9.17, 15) is 4.79 Å². The van der Waals surface area contributed by atoms with Gasteiger partial charge in [0.2, 0.25) is 6.41 Å². The summed E-state index contributed by atoms with van der Waals surface area (Å²) in [4.78, 5) is 19.8. The van der Waals surface area contributed by atoms with Crippen molar-refractivity contribution in [2.45, 2.75) is 6.92 Å². The Hall–Kier alpha value is -3.61. The first-order valence-corrected chi connectivity index (χ1v) is 8.25. The molecule has 0 bridgehead atoms. The number of carbonyl (C=O) groups is 1. The Morgan fingerprint density at radius 1 is 1.15 bits per heavy atom. The van der Waals surface area contributed by atoms with Gasteiger partial charge in [0, 0.05) is 5.56 Å². The molecule has 3 rings (SSSR count). The van der Waals surface area contributed by atoms with E-state index in [1.165, 1.54) is 0 Å². The van der Waals surface area contributed by atoms with E-state index in [1.54, 1.807) is 26.4 Å². The summed E-state index contributed by atoms with van der Waals surface area (Å²) in [6.07, 6.45) is 0.474. The van der Waals surface area contributed by atoms with Gasteiger partial charge in [-0.3, -0.25) is 10.1 Å². The number of hydrogen-bond acceptors (Lipinski definition) is 5. The molecule has 0 aliphatic rings. The van der Waals surface area contributed by atoms with Crippen molar-refractivity contribution >= 4 is 29.0 Å². The summed E-state index contributed by atoms with van der Waals surface area (Å²) in [5.74, 6) is 1.13. The number of fused-ring (bicyclic) bond motifs is 1. The molecule has 1 amide bonds. The molecule has 0 saturated heterocycles. The van der Waals surface area contributed by atoms with Crippen molar-refractivity contribution in [3.05, 3.63) is 48.0 Å². The molecule has 3 aromatic rings. The van der Waals surface area contributed by atoms with Crippen LogP contribution in [0.1, 0.15) is 5.56 Å². The number of aromatic nitrogens is 1. The van der Waals surface area contributed by atoms with Crippen LogP contribution >= 0.6 is 0 Å². The minimum absolute atomic E-state index is 0.0295. The van der Waals surface area contributed by atoms with Gasteiger partial charge >= 0.3 is 0 Å². The Kier molecular flexibility index (Phi) is 5.21. The normalized spacial score (nSPS) is 11.3. The van der Waals surface area contributed by atoms with Gasteiger partial charge in [-0.05, 0) is 30.7 Å². The van der Waals surface area contributed by atoms with Crippen molar-refractivity contribution in [1.82, 2.24) is 10.3 Å². The topological polar surface area (TPSA) is 98.8 Å². The molecule has 1 aromatic heterocycles. The number of aliphatic imine (C=N–C) groups is 1. The van der Waals surface area contributed by atoms with Gasteiger partial charge < -0.3 is 15.2 Å². The van der Waals surface area contributed by atoms with Crippen molar-refractivity contribution < 1.29 is 14.3 Å². The standard InChI is InChI=1S/C20H20N4O3/c1-12-6-4-5-7-13(12)14-10-15(24-20(21)22-11-25)18-16(26-2)8-9-17(27-3)19(18)23-14/h4-11H,1-3H3,(H3,21,22,23,24,25). The fourth-order valence-corrected chi connectivity index (χ4v) is 2.91. The van der Waals surface area contributed by atoms with Crippen molar-refractivity contribution in [3.8, 4) is 22.8 Å². The lowest BCUT2D eigenvalue weighted by Crippen LogP contribution is -2.29.